The maximum Gasteiger partial charge on any atom is 0.230 e. The van der Waals surface area contributed by atoms with Crippen LogP contribution in [0.5, 0.6) is 0 Å². The monoisotopic (exact) mass is 212 g/mol. The SMILES string of the molecule is CCC1(C(=O)N(C)C(C)C)CCCNC1. The molecule has 3 nitrogen and oxygen atoms in total. The molecule has 0 bridgehead atoms. The molecule has 1 atom stereocenters. The molecule has 3 heteroatoms. The Morgan fingerprint density at radius 3 is 2.60 bits per heavy atom. The van der Waals surface area contributed by atoms with Crippen LogP contribution in [0.4, 0.5) is 0 Å². The number of carbonyl (C=O) groups excluding carboxylic acids is 1. The van der Waals surface area contributed by atoms with Gasteiger partial charge in [0.15, 0.2) is 0 Å². The van der Waals surface area contributed by atoms with Crippen molar-refractivity contribution in [2.45, 2.75) is 46.1 Å². The van der Waals surface area contributed by atoms with Gasteiger partial charge in [0.25, 0.3) is 0 Å². The molecule has 0 aromatic carbocycles. The molecule has 1 saturated heterocycles. The molecule has 0 aromatic heterocycles. The summed E-state index contributed by atoms with van der Waals surface area (Å²) in [6.45, 7) is 8.16. The Kier molecular flexibility index (Phi) is 4.14. The van der Waals surface area contributed by atoms with Crippen molar-refractivity contribution < 1.29 is 4.79 Å². The third-order valence-electron chi connectivity index (χ3n) is 3.70. The summed E-state index contributed by atoms with van der Waals surface area (Å²) in [5.41, 5.74) is -0.142. The van der Waals surface area contributed by atoms with E-state index in [2.05, 4.69) is 26.1 Å². The fourth-order valence-electron chi connectivity index (χ4n) is 2.21. The molecule has 1 fully saturated rings. The van der Waals surface area contributed by atoms with Gasteiger partial charge in [-0.3, -0.25) is 4.79 Å². The molecule has 88 valence electrons. The van der Waals surface area contributed by atoms with Crippen molar-refractivity contribution >= 4 is 5.91 Å². The summed E-state index contributed by atoms with van der Waals surface area (Å²) in [4.78, 5) is 14.3. The van der Waals surface area contributed by atoms with Crippen LogP contribution in [0.25, 0.3) is 0 Å². The van der Waals surface area contributed by atoms with E-state index < -0.39 is 0 Å². The van der Waals surface area contributed by atoms with Crippen molar-refractivity contribution in [3.63, 3.8) is 0 Å². The molecule has 0 radical (unpaired) electrons. The van der Waals surface area contributed by atoms with E-state index in [0.29, 0.717) is 11.9 Å². The van der Waals surface area contributed by atoms with Crippen LogP contribution in [-0.2, 0) is 4.79 Å². The van der Waals surface area contributed by atoms with Crippen molar-refractivity contribution in [1.82, 2.24) is 10.2 Å². The van der Waals surface area contributed by atoms with Crippen LogP contribution in [0.2, 0.25) is 0 Å². The predicted octanol–water partition coefficient (Wildman–Crippen LogP) is 1.63. The molecule has 1 heterocycles. The first-order chi connectivity index (χ1) is 7.03. The second-order valence-electron chi connectivity index (χ2n) is 4.92. The standard InChI is InChI=1S/C12H24N2O/c1-5-12(7-6-8-13-9-12)11(15)14(4)10(2)3/h10,13H,5-9H2,1-4H3. The van der Waals surface area contributed by atoms with Gasteiger partial charge in [-0.2, -0.15) is 0 Å². The lowest BCUT2D eigenvalue weighted by Crippen LogP contribution is -2.52. The summed E-state index contributed by atoms with van der Waals surface area (Å²) in [7, 11) is 1.92. The van der Waals surface area contributed by atoms with Gasteiger partial charge in [0, 0.05) is 19.6 Å². The van der Waals surface area contributed by atoms with Crippen molar-refractivity contribution in [2.24, 2.45) is 5.41 Å². The number of nitrogens with one attached hydrogen (secondary N) is 1. The van der Waals surface area contributed by atoms with Crippen molar-refractivity contribution in [2.75, 3.05) is 20.1 Å². The minimum atomic E-state index is -0.142. The maximum atomic E-state index is 12.4. The van der Waals surface area contributed by atoms with E-state index in [9.17, 15) is 4.79 Å². The number of hydrogen-bond acceptors (Lipinski definition) is 2. The minimum Gasteiger partial charge on any atom is -0.343 e. The molecule has 0 aliphatic carbocycles. The Morgan fingerprint density at radius 2 is 2.20 bits per heavy atom. The zero-order valence-electron chi connectivity index (χ0n) is 10.5. The highest BCUT2D eigenvalue weighted by Gasteiger charge is 2.39. The van der Waals surface area contributed by atoms with E-state index in [-0.39, 0.29) is 5.41 Å². The van der Waals surface area contributed by atoms with Crippen LogP contribution in [0.15, 0.2) is 0 Å². The van der Waals surface area contributed by atoms with Gasteiger partial charge >= 0.3 is 0 Å². The van der Waals surface area contributed by atoms with Crippen LogP contribution in [0.1, 0.15) is 40.0 Å². The van der Waals surface area contributed by atoms with Gasteiger partial charge in [-0.1, -0.05) is 6.92 Å². The number of rotatable bonds is 3. The Morgan fingerprint density at radius 1 is 1.53 bits per heavy atom. The van der Waals surface area contributed by atoms with Crippen LogP contribution in [0, 0.1) is 5.41 Å². The van der Waals surface area contributed by atoms with Gasteiger partial charge in [-0.05, 0) is 39.7 Å². The molecule has 1 aliphatic rings. The first-order valence-electron chi connectivity index (χ1n) is 6.01. The minimum absolute atomic E-state index is 0.142. The van der Waals surface area contributed by atoms with Crippen LogP contribution in [-0.4, -0.2) is 37.0 Å². The highest BCUT2D eigenvalue weighted by atomic mass is 16.2. The third kappa shape index (κ3) is 2.51. The number of carbonyl (C=O) groups is 1. The van der Waals surface area contributed by atoms with Gasteiger partial charge in [-0.15, -0.1) is 0 Å². The summed E-state index contributed by atoms with van der Waals surface area (Å²) in [6.07, 6.45) is 3.09. The molecule has 1 rings (SSSR count). The first-order valence-corrected chi connectivity index (χ1v) is 6.01. The lowest BCUT2D eigenvalue weighted by atomic mass is 9.77. The van der Waals surface area contributed by atoms with Gasteiger partial charge in [-0.25, -0.2) is 0 Å². The molecular formula is C12H24N2O. The predicted molar refractivity (Wildman–Crippen MR) is 62.7 cm³/mol. The zero-order chi connectivity index (χ0) is 11.5. The Hall–Kier alpha value is -0.570. The molecule has 0 spiro atoms. The third-order valence-corrected chi connectivity index (χ3v) is 3.70. The molecule has 0 saturated carbocycles. The van der Waals surface area contributed by atoms with Crippen molar-refractivity contribution in [1.29, 1.82) is 0 Å². The number of nitrogens with zero attached hydrogens (tertiary/aromatic N) is 1. The Labute approximate surface area is 93.2 Å². The van der Waals surface area contributed by atoms with Gasteiger partial charge < -0.3 is 10.2 Å². The van der Waals surface area contributed by atoms with E-state index in [1.165, 1.54) is 0 Å². The van der Waals surface area contributed by atoms with Gasteiger partial charge in [0.2, 0.25) is 5.91 Å². The largest absolute Gasteiger partial charge is 0.343 e. The molecule has 1 amide bonds. The average molecular weight is 212 g/mol. The quantitative estimate of drug-likeness (QED) is 0.771. The van der Waals surface area contributed by atoms with E-state index >= 15 is 0 Å². The van der Waals surface area contributed by atoms with E-state index in [1.807, 2.05) is 11.9 Å². The highest BCUT2D eigenvalue weighted by molar-refractivity contribution is 5.83. The van der Waals surface area contributed by atoms with Gasteiger partial charge in [0.05, 0.1) is 5.41 Å². The Balaban J connectivity index is 2.76. The smallest absolute Gasteiger partial charge is 0.230 e. The summed E-state index contributed by atoms with van der Waals surface area (Å²) < 4.78 is 0. The number of amides is 1. The van der Waals surface area contributed by atoms with Crippen LogP contribution < -0.4 is 5.32 Å². The Bertz CT molecular complexity index is 220. The first kappa shape index (κ1) is 12.5. The zero-order valence-corrected chi connectivity index (χ0v) is 10.5. The van der Waals surface area contributed by atoms with Crippen molar-refractivity contribution in [3.05, 3.63) is 0 Å². The van der Waals surface area contributed by atoms with Crippen molar-refractivity contribution in [3.8, 4) is 0 Å². The van der Waals surface area contributed by atoms with Gasteiger partial charge in [0.1, 0.15) is 0 Å². The lowest BCUT2D eigenvalue weighted by Gasteiger charge is -2.39. The molecule has 1 N–H and O–H groups in total. The van der Waals surface area contributed by atoms with Crippen LogP contribution >= 0.6 is 0 Å². The van der Waals surface area contributed by atoms with E-state index in [4.69, 9.17) is 0 Å². The highest BCUT2D eigenvalue weighted by Crippen LogP contribution is 2.32. The topological polar surface area (TPSA) is 32.3 Å². The summed E-state index contributed by atoms with van der Waals surface area (Å²) in [5.74, 6) is 0.312. The van der Waals surface area contributed by atoms with Crippen LogP contribution in [0.3, 0.4) is 0 Å². The molecule has 15 heavy (non-hydrogen) atoms. The average Bonchev–Trinajstić information content (AvgIpc) is 2.27. The molecule has 0 aromatic rings. The molecule has 1 aliphatic heterocycles. The second-order valence-corrected chi connectivity index (χ2v) is 4.92. The maximum absolute atomic E-state index is 12.4. The lowest BCUT2D eigenvalue weighted by molar-refractivity contribution is -0.143. The van der Waals surface area contributed by atoms with E-state index in [0.717, 1.165) is 32.4 Å². The van der Waals surface area contributed by atoms with E-state index in [1.54, 1.807) is 0 Å². The normalized spacial score (nSPS) is 26.7. The number of hydrogen-bond donors (Lipinski definition) is 1. The summed E-state index contributed by atoms with van der Waals surface area (Å²) in [6, 6.07) is 0.294. The molecule has 1 unspecified atom stereocenters. The number of piperidine rings is 1. The fourth-order valence-corrected chi connectivity index (χ4v) is 2.21. The second kappa shape index (κ2) is 4.97. The fraction of sp³-hybridized carbons (Fsp3) is 0.917. The summed E-state index contributed by atoms with van der Waals surface area (Å²) >= 11 is 0. The summed E-state index contributed by atoms with van der Waals surface area (Å²) in [5, 5.41) is 3.35. The molecular weight excluding hydrogens is 188 g/mol.